The molecule has 1 aromatic heterocycles. The fourth-order valence-corrected chi connectivity index (χ4v) is 2.14. The predicted octanol–water partition coefficient (Wildman–Crippen LogP) is 1.41. The molecule has 1 aliphatic rings. The average Bonchev–Trinajstić information content (AvgIpc) is 2.69. The zero-order valence-corrected chi connectivity index (χ0v) is 10.2. The van der Waals surface area contributed by atoms with Crippen LogP contribution in [0.2, 0.25) is 0 Å². The number of rotatable bonds is 2. The Labute approximate surface area is 101 Å². The van der Waals surface area contributed by atoms with Crippen molar-refractivity contribution in [2.24, 2.45) is 16.3 Å². The highest BCUT2D eigenvalue weighted by Gasteiger charge is 2.29. The lowest BCUT2D eigenvalue weighted by atomic mass is 9.93. The van der Waals surface area contributed by atoms with Crippen LogP contribution in [0.3, 0.4) is 0 Å². The third-order valence-electron chi connectivity index (χ3n) is 3.16. The van der Waals surface area contributed by atoms with E-state index >= 15 is 0 Å². The van der Waals surface area contributed by atoms with Crippen LogP contribution in [0, 0.1) is 5.41 Å². The second-order valence-corrected chi connectivity index (χ2v) is 5.22. The third kappa shape index (κ3) is 2.49. The van der Waals surface area contributed by atoms with Crippen LogP contribution in [0.5, 0.6) is 0 Å². The molecule has 5 heteroatoms. The lowest BCUT2D eigenvalue weighted by Gasteiger charge is -2.21. The van der Waals surface area contributed by atoms with Crippen molar-refractivity contribution in [2.75, 3.05) is 18.0 Å². The van der Waals surface area contributed by atoms with Crippen molar-refractivity contribution < 1.29 is 5.21 Å². The minimum absolute atomic E-state index is 0.0466. The summed E-state index contributed by atoms with van der Waals surface area (Å²) in [6.45, 7) is 6.58. The monoisotopic (exact) mass is 234 g/mol. The van der Waals surface area contributed by atoms with Gasteiger partial charge < -0.3 is 15.8 Å². The van der Waals surface area contributed by atoms with Crippen LogP contribution in [0.1, 0.15) is 26.0 Å². The summed E-state index contributed by atoms with van der Waals surface area (Å²) in [4.78, 5) is 6.38. The molecule has 0 aliphatic carbocycles. The van der Waals surface area contributed by atoms with Crippen LogP contribution >= 0.6 is 0 Å². The Hall–Kier alpha value is -1.78. The van der Waals surface area contributed by atoms with E-state index in [0.29, 0.717) is 11.1 Å². The Morgan fingerprint density at radius 1 is 1.59 bits per heavy atom. The molecule has 0 bridgehead atoms. The molecule has 0 unspecified atom stereocenters. The molecule has 92 valence electrons. The molecular weight excluding hydrogens is 216 g/mol. The van der Waals surface area contributed by atoms with Gasteiger partial charge in [-0.25, -0.2) is 0 Å². The summed E-state index contributed by atoms with van der Waals surface area (Å²) in [5.41, 5.74) is 7.47. The van der Waals surface area contributed by atoms with Crippen molar-refractivity contribution >= 4 is 11.5 Å². The van der Waals surface area contributed by atoms with E-state index in [1.54, 1.807) is 6.20 Å². The van der Waals surface area contributed by atoms with Crippen LogP contribution in [0.15, 0.2) is 23.5 Å². The van der Waals surface area contributed by atoms with Gasteiger partial charge in [0.25, 0.3) is 0 Å². The highest BCUT2D eigenvalue weighted by atomic mass is 16.4. The van der Waals surface area contributed by atoms with Crippen molar-refractivity contribution in [3.8, 4) is 0 Å². The molecule has 5 nitrogen and oxygen atoms in total. The minimum atomic E-state index is 0.0466. The van der Waals surface area contributed by atoms with E-state index in [0.717, 1.165) is 18.8 Å². The normalized spacial score (nSPS) is 19.6. The van der Waals surface area contributed by atoms with Crippen molar-refractivity contribution in [1.29, 1.82) is 0 Å². The second kappa shape index (κ2) is 4.24. The van der Waals surface area contributed by atoms with E-state index in [2.05, 4.69) is 28.9 Å². The van der Waals surface area contributed by atoms with Crippen molar-refractivity contribution in [2.45, 2.75) is 20.3 Å². The molecule has 2 rings (SSSR count). The molecular formula is C12H18N4O. The molecule has 0 amide bonds. The number of amidine groups is 1. The van der Waals surface area contributed by atoms with E-state index < -0.39 is 0 Å². The van der Waals surface area contributed by atoms with Gasteiger partial charge in [0.05, 0.1) is 0 Å². The summed E-state index contributed by atoms with van der Waals surface area (Å²) >= 11 is 0. The van der Waals surface area contributed by atoms with Crippen LogP contribution in [0.25, 0.3) is 0 Å². The first-order chi connectivity index (χ1) is 8.02. The molecule has 0 spiro atoms. The Balaban J connectivity index is 2.23. The fraction of sp³-hybridized carbons (Fsp3) is 0.500. The highest BCUT2D eigenvalue weighted by Crippen LogP contribution is 2.32. The van der Waals surface area contributed by atoms with Gasteiger partial charge in [0, 0.05) is 25.0 Å². The molecule has 1 saturated heterocycles. The van der Waals surface area contributed by atoms with Gasteiger partial charge in [-0.05, 0) is 24.0 Å². The first kappa shape index (κ1) is 11.7. The lowest BCUT2D eigenvalue weighted by Crippen LogP contribution is -2.23. The minimum Gasteiger partial charge on any atom is -0.409 e. The number of aromatic nitrogens is 1. The first-order valence-corrected chi connectivity index (χ1v) is 5.71. The largest absolute Gasteiger partial charge is 0.409 e. The Morgan fingerprint density at radius 3 is 2.94 bits per heavy atom. The quantitative estimate of drug-likeness (QED) is 0.351. The zero-order chi connectivity index (χ0) is 12.5. The molecule has 0 radical (unpaired) electrons. The van der Waals surface area contributed by atoms with Gasteiger partial charge in [-0.15, -0.1) is 0 Å². The van der Waals surface area contributed by atoms with Gasteiger partial charge in [0.1, 0.15) is 5.69 Å². The van der Waals surface area contributed by atoms with Crippen LogP contribution < -0.4 is 10.6 Å². The van der Waals surface area contributed by atoms with Crippen molar-refractivity contribution in [3.05, 3.63) is 24.0 Å². The average molecular weight is 234 g/mol. The first-order valence-electron chi connectivity index (χ1n) is 5.71. The molecule has 1 aliphatic heterocycles. The van der Waals surface area contributed by atoms with Crippen molar-refractivity contribution in [1.82, 2.24) is 4.98 Å². The molecule has 2 heterocycles. The maximum atomic E-state index is 8.64. The Morgan fingerprint density at radius 2 is 2.35 bits per heavy atom. The van der Waals surface area contributed by atoms with Gasteiger partial charge in [-0.2, -0.15) is 0 Å². The topological polar surface area (TPSA) is 74.7 Å². The summed E-state index contributed by atoms with van der Waals surface area (Å²) in [6.07, 6.45) is 2.86. The van der Waals surface area contributed by atoms with E-state index in [4.69, 9.17) is 10.9 Å². The molecule has 1 fully saturated rings. The van der Waals surface area contributed by atoms with Gasteiger partial charge >= 0.3 is 0 Å². The number of oxime groups is 1. The highest BCUT2D eigenvalue weighted by molar-refractivity contribution is 5.95. The zero-order valence-electron chi connectivity index (χ0n) is 10.2. The number of nitrogens with two attached hydrogens (primary N) is 1. The van der Waals surface area contributed by atoms with Gasteiger partial charge in [-0.1, -0.05) is 19.0 Å². The molecule has 0 saturated carbocycles. The molecule has 0 atom stereocenters. The number of hydrogen-bond acceptors (Lipinski definition) is 4. The molecule has 17 heavy (non-hydrogen) atoms. The summed E-state index contributed by atoms with van der Waals surface area (Å²) in [5, 5.41) is 11.6. The number of nitrogens with zero attached hydrogens (tertiary/aromatic N) is 3. The number of anilines is 1. The molecule has 1 aromatic rings. The Kier molecular flexibility index (Phi) is 2.92. The summed E-state index contributed by atoms with van der Waals surface area (Å²) < 4.78 is 0. The lowest BCUT2D eigenvalue weighted by molar-refractivity contribution is 0.318. The summed E-state index contributed by atoms with van der Waals surface area (Å²) in [6, 6.07) is 3.81. The maximum absolute atomic E-state index is 8.64. The Bertz CT molecular complexity index is 442. The number of hydrogen-bond donors (Lipinski definition) is 2. The van der Waals surface area contributed by atoms with Gasteiger partial charge in [0.15, 0.2) is 5.84 Å². The summed E-state index contributed by atoms with van der Waals surface area (Å²) in [5.74, 6) is 0.0466. The van der Waals surface area contributed by atoms with E-state index in [-0.39, 0.29) is 5.84 Å². The second-order valence-electron chi connectivity index (χ2n) is 5.22. The van der Waals surface area contributed by atoms with E-state index in [1.807, 2.05) is 12.1 Å². The van der Waals surface area contributed by atoms with Crippen LogP contribution in [-0.4, -0.2) is 29.1 Å². The third-order valence-corrected chi connectivity index (χ3v) is 3.16. The molecule has 3 N–H and O–H groups in total. The van der Waals surface area contributed by atoms with Crippen LogP contribution in [0.4, 0.5) is 5.69 Å². The van der Waals surface area contributed by atoms with Gasteiger partial charge in [-0.3, -0.25) is 4.98 Å². The standard InChI is InChI=1S/C12H18N4O/c1-12(2)4-6-16(8-12)9-3-5-14-10(7-9)11(13)15-17/h3,5,7,17H,4,6,8H2,1-2H3,(H2,13,15). The van der Waals surface area contributed by atoms with Crippen LogP contribution in [-0.2, 0) is 0 Å². The fourth-order valence-electron chi connectivity index (χ4n) is 2.14. The summed E-state index contributed by atoms with van der Waals surface area (Å²) in [7, 11) is 0. The van der Waals surface area contributed by atoms with Crippen molar-refractivity contribution in [3.63, 3.8) is 0 Å². The van der Waals surface area contributed by atoms with Gasteiger partial charge in [0.2, 0.25) is 0 Å². The number of pyridine rings is 1. The maximum Gasteiger partial charge on any atom is 0.188 e. The molecule has 0 aromatic carbocycles. The smallest absolute Gasteiger partial charge is 0.188 e. The SMILES string of the molecule is CC1(C)CCN(c2ccnc(C(N)=NO)c2)C1. The van der Waals surface area contributed by atoms with E-state index in [1.165, 1.54) is 6.42 Å². The van der Waals surface area contributed by atoms with E-state index in [9.17, 15) is 0 Å². The predicted molar refractivity (Wildman–Crippen MR) is 67.4 cm³/mol.